The minimum Gasteiger partial charge on any atom is -0.457 e. The van der Waals surface area contributed by atoms with Crippen molar-refractivity contribution in [3.05, 3.63) is 122 Å². The molecule has 0 aliphatic carbocycles. The van der Waals surface area contributed by atoms with E-state index in [4.69, 9.17) is 18.9 Å². The van der Waals surface area contributed by atoms with Gasteiger partial charge in [-0.25, -0.2) is 0 Å². The first-order valence-corrected chi connectivity index (χ1v) is 23.6. The molecule has 1 rings (SSSR count). The summed E-state index contributed by atoms with van der Waals surface area (Å²) >= 11 is 0. The summed E-state index contributed by atoms with van der Waals surface area (Å²) in [6.07, 6.45) is 55.2. The number of esters is 1. The third kappa shape index (κ3) is 33.2. The largest absolute Gasteiger partial charge is 0.457 e. The molecule has 350 valence electrons. The summed E-state index contributed by atoms with van der Waals surface area (Å²) in [6.45, 7) is 4.16. The molecule has 0 aromatic heterocycles. The van der Waals surface area contributed by atoms with Crippen LogP contribution in [0.5, 0.6) is 0 Å². The first kappa shape index (κ1) is 56.6. The predicted octanol–water partition coefficient (Wildman–Crippen LogP) is 11.1. The van der Waals surface area contributed by atoms with Gasteiger partial charge in [0.05, 0.1) is 19.8 Å². The van der Waals surface area contributed by atoms with Crippen molar-refractivity contribution < 1.29 is 44.2 Å². The summed E-state index contributed by atoms with van der Waals surface area (Å²) < 4.78 is 22.8. The van der Waals surface area contributed by atoms with Crippen LogP contribution in [0.25, 0.3) is 0 Å². The smallest absolute Gasteiger partial charge is 0.306 e. The maximum Gasteiger partial charge on any atom is 0.306 e. The SMILES string of the molecule is CC/C=C\C/C=C\C/C=C\C/C=C\C/C=C\C/C=C\C/C=C\CCCCOCC(COC1OC(CO)C(O)C(O)C1O)OC(=O)CCCCCCC/C=C\C/C=C\C/C=C\CC. The van der Waals surface area contributed by atoms with Gasteiger partial charge >= 0.3 is 5.97 Å². The second kappa shape index (κ2) is 42.9. The number of rotatable bonds is 38. The fraction of sp³-hybridized carbons (Fsp3) is 0.604. The van der Waals surface area contributed by atoms with Gasteiger partial charge in [-0.15, -0.1) is 0 Å². The molecule has 1 aliphatic rings. The molecule has 4 N–H and O–H groups in total. The van der Waals surface area contributed by atoms with Gasteiger partial charge < -0.3 is 39.4 Å². The zero-order valence-corrected chi connectivity index (χ0v) is 38.3. The molecule has 0 aromatic carbocycles. The van der Waals surface area contributed by atoms with Crippen LogP contribution in [0.15, 0.2) is 122 Å². The Hall–Kier alpha value is -3.41. The van der Waals surface area contributed by atoms with Gasteiger partial charge in [-0.1, -0.05) is 155 Å². The molecule has 1 heterocycles. The highest BCUT2D eigenvalue weighted by Crippen LogP contribution is 2.22. The summed E-state index contributed by atoms with van der Waals surface area (Å²) in [5.74, 6) is -0.353. The Balaban J connectivity index is 2.31. The second-order valence-corrected chi connectivity index (χ2v) is 15.4. The number of carbonyl (C=O) groups is 1. The second-order valence-electron chi connectivity index (χ2n) is 15.4. The number of hydrogen-bond donors (Lipinski definition) is 4. The highest BCUT2D eigenvalue weighted by Gasteiger charge is 2.44. The van der Waals surface area contributed by atoms with E-state index in [0.717, 1.165) is 122 Å². The number of aliphatic hydroxyl groups is 4. The zero-order chi connectivity index (χ0) is 45.0. The molecule has 1 saturated heterocycles. The summed E-state index contributed by atoms with van der Waals surface area (Å²) in [6, 6.07) is 0. The van der Waals surface area contributed by atoms with E-state index in [1.165, 1.54) is 0 Å². The van der Waals surface area contributed by atoms with Crippen LogP contribution in [0.3, 0.4) is 0 Å². The maximum absolute atomic E-state index is 12.8. The summed E-state index contributed by atoms with van der Waals surface area (Å²) in [7, 11) is 0. The minimum absolute atomic E-state index is 0.0981. The highest BCUT2D eigenvalue weighted by atomic mass is 16.7. The van der Waals surface area contributed by atoms with Crippen LogP contribution < -0.4 is 0 Å². The average Bonchev–Trinajstić information content (AvgIpc) is 3.27. The fourth-order valence-electron chi connectivity index (χ4n) is 6.25. The van der Waals surface area contributed by atoms with E-state index < -0.39 is 43.4 Å². The van der Waals surface area contributed by atoms with Crippen molar-refractivity contribution in [3.8, 4) is 0 Å². The lowest BCUT2D eigenvalue weighted by atomic mass is 9.99. The Labute approximate surface area is 376 Å². The van der Waals surface area contributed by atoms with Crippen molar-refractivity contribution in [1.82, 2.24) is 0 Å². The van der Waals surface area contributed by atoms with Crippen molar-refractivity contribution in [2.75, 3.05) is 26.4 Å². The molecule has 6 atom stereocenters. The van der Waals surface area contributed by atoms with E-state index in [9.17, 15) is 25.2 Å². The standard InChI is InChI=1S/C53H84O9/c1-3-5-7-9-11-13-15-17-19-20-21-22-23-24-25-26-27-29-31-33-35-37-39-41-43-59-45-47(46-60-53-52(58)51(57)50(56)48(44-54)62-53)61-49(55)42-40-38-36-34-32-30-28-18-16-14-12-10-8-6-4-2/h5-8,11-14,17-19,21-22,24-25,27-29,33,35,47-48,50-54,56-58H,3-4,9-10,15-16,20,23,26,30-32,34,36-46H2,1-2H3/b7-5-,8-6-,13-11-,14-12-,19-17-,22-21-,25-24-,28-18-,29-27-,35-33-. The molecule has 0 saturated carbocycles. The zero-order valence-electron chi connectivity index (χ0n) is 38.3. The molecule has 0 radical (unpaired) electrons. The lowest BCUT2D eigenvalue weighted by Crippen LogP contribution is -2.59. The summed E-state index contributed by atoms with van der Waals surface area (Å²) in [4.78, 5) is 12.8. The molecule has 1 fully saturated rings. The summed E-state index contributed by atoms with van der Waals surface area (Å²) in [5, 5.41) is 40.2. The first-order chi connectivity index (χ1) is 30.4. The van der Waals surface area contributed by atoms with Crippen molar-refractivity contribution in [1.29, 1.82) is 0 Å². The third-order valence-corrected chi connectivity index (χ3v) is 9.87. The third-order valence-electron chi connectivity index (χ3n) is 9.87. The highest BCUT2D eigenvalue weighted by molar-refractivity contribution is 5.69. The average molecular weight is 865 g/mol. The molecule has 0 bridgehead atoms. The molecule has 0 aromatic rings. The van der Waals surface area contributed by atoms with Crippen LogP contribution in [-0.2, 0) is 23.7 Å². The Morgan fingerprint density at radius 1 is 0.516 bits per heavy atom. The predicted molar refractivity (Wildman–Crippen MR) is 256 cm³/mol. The molecule has 62 heavy (non-hydrogen) atoms. The minimum atomic E-state index is -1.56. The first-order valence-electron chi connectivity index (χ1n) is 23.6. The lowest BCUT2D eigenvalue weighted by Gasteiger charge is -2.39. The van der Waals surface area contributed by atoms with Gasteiger partial charge in [0.25, 0.3) is 0 Å². The van der Waals surface area contributed by atoms with Gasteiger partial charge in [0.1, 0.15) is 30.5 Å². The fourth-order valence-corrected chi connectivity index (χ4v) is 6.25. The molecule has 0 amide bonds. The number of carbonyl (C=O) groups excluding carboxylic acids is 1. The van der Waals surface area contributed by atoms with E-state index in [2.05, 4.69) is 135 Å². The number of hydrogen-bond acceptors (Lipinski definition) is 9. The van der Waals surface area contributed by atoms with Crippen LogP contribution in [0.4, 0.5) is 0 Å². The number of allylic oxidation sites excluding steroid dienone is 20. The van der Waals surface area contributed by atoms with Crippen molar-refractivity contribution >= 4 is 5.97 Å². The van der Waals surface area contributed by atoms with Crippen LogP contribution in [-0.4, -0.2) is 89.6 Å². The molecule has 0 spiro atoms. The van der Waals surface area contributed by atoms with Gasteiger partial charge in [-0.05, 0) is 103 Å². The normalized spacial score (nSPS) is 20.9. The molecular formula is C53H84O9. The Morgan fingerprint density at radius 2 is 0.935 bits per heavy atom. The van der Waals surface area contributed by atoms with Crippen molar-refractivity contribution in [2.24, 2.45) is 0 Å². The maximum atomic E-state index is 12.8. The van der Waals surface area contributed by atoms with Crippen LogP contribution in [0.2, 0.25) is 0 Å². The van der Waals surface area contributed by atoms with Crippen LogP contribution in [0.1, 0.15) is 142 Å². The van der Waals surface area contributed by atoms with Gasteiger partial charge in [-0.2, -0.15) is 0 Å². The number of aliphatic hydroxyl groups excluding tert-OH is 4. The number of unbranched alkanes of at least 4 members (excludes halogenated alkanes) is 7. The van der Waals surface area contributed by atoms with Gasteiger partial charge in [0.15, 0.2) is 6.29 Å². The lowest BCUT2D eigenvalue weighted by molar-refractivity contribution is -0.305. The van der Waals surface area contributed by atoms with E-state index in [1.54, 1.807) is 0 Å². The Morgan fingerprint density at radius 3 is 1.40 bits per heavy atom. The molecular weight excluding hydrogens is 781 g/mol. The molecule has 1 aliphatic heterocycles. The molecule has 9 nitrogen and oxygen atoms in total. The van der Waals surface area contributed by atoms with Crippen LogP contribution in [0, 0.1) is 0 Å². The van der Waals surface area contributed by atoms with Crippen molar-refractivity contribution in [2.45, 2.75) is 179 Å². The van der Waals surface area contributed by atoms with E-state index in [0.29, 0.717) is 6.61 Å². The van der Waals surface area contributed by atoms with E-state index in [1.807, 2.05) is 0 Å². The van der Waals surface area contributed by atoms with Crippen molar-refractivity contribution in [3.63, 3.8) is 0 Å². The molecule has 9 heteroatoms. The van der Waals surface area contributed by atoms with E-state index in [-0.39, 0.29) is 25.6 Å². The topological polar surface area (TPSA) is 135 Å². The Bertz CT molecular complexity index is 1350. The van der Waals surface area contributed by atoms with Gasteiger partial charge in [0, 0.05) is 13.0 Å². The Kier molecular flexibility index (Phi) is 39.1. The quantitative estimate of drug-likeness (QED) is 0.0272. The number of ether oxygens (including phenoxy) is 4. The van der Waals surface area contributed by atoms with Crippen LogP contribution >= 0.6 is 0 Å². The summed E-state index contributed by atoms with van der Waals surface area (Å²) in [5.41, 5.74) is 0. The van der Waals surface area contributed by atoms with Gasteiger partial charge in [-0.3, -0.25) is 4.79 Å². The monoisotopic (exact) mass is 865 g/mol. The molecule has 6 unspecified atom stereocenters. The van der Waals surface area contributed by atoms with Gasteiger partial charge in [0.2, 0.25) is 0 Å². The van der Waals surface area contributed by atoms with E-state index >= 15 is 0 Å².